The van der Waals surface area contributed by atoms with Crippen molar-refractivity contribution in [1.29, 1.82) is 0 Å². The van der Waals surface area contributed by atoms with Crippen LogP contribution in [0.3, 0.4) is 0 Å². The summed E-state index contributed by atoms with van der Waals surface area (Å²) >= 11 is 0. The van der Waals surface area contributed by atoms with Gasteiger partial charge in [-0.05, 0) is 17.6 Å². The summed E-state index contributed by atoms with van der Waals surface area (Å²) in [6.07, 6.45) is 1.78. The summed E-state index contributed by atoms with van der Waals surface area (Å²) < 4.78 is 15.6. The minimum atomic E-state index is -0.372. The number of hydrogen-bond donors (Lipinski definition) is 2. The first-order valence-corrected chi connectivity index (χ1v) is 7.43. The number of halogens is 1. The van der Waals surface area contributed by atoms with Crippen LogP contribution < -0.4 is 16.1 Å². The van der Waals surface area contributed by atoms with Crippen LogP contribution in [0.5, 0.6) is 0 Å². The first-order chi connectivity index (χ1) is 11.6. The van der Waals surface area contributed by atoms with Crippen molar-refractivity contribution in [3.63, 3.8) is 0 Å². The van der Waals surface area contributed by atoms with E-state index in [9.17, 15) is 9.18 Å². The van der Waals surface area contributed by atoms with Crippen LogP contribution in [0.2, 0.25) is 0 Å². The van der Waals surface area contributed by atoms with Crippen molar-refractivity contribution in [2.75, 3.05) is 18.9 Å². The maximum absolute atomic E-state index is 14.1. The van der Waals surface area contributed by atoms with Gasteiger partial charge in [-0.3, -0.25) is 4.79 Å². The molecule has 2 heterocycles. The first-order valence-electron chi connectivity index (χ1n) is 7.43. The van der Waals surface area contributed by atoms with E-state index >= 15 is 0 Å². The molecule has 8 heteroatoms. The van der Waals surface area contributed by atoms with E-state index in [0.29, 0.717) is 41.2 Å². The molecule has 1 amide bonds. The molecule has 0 bridgehead atoms. The van der Waals surface area contributed by atoms with Crippen LogP contribution in [0.15, 0.2) is 36.5 Å². The Balaban J connectivity index is 2.01. The topological polar surface area (TPSA) is 71.3 Å². The lowest BCUT2D eigenvalue weighted by atomic mass is 10.0. The predicted octanol–water partition coefficient (Wildman–Crippen LogP) is 0.877. The number of amides is 1. The van der Waals surface area contributed by atoms with Crippen molar-refractivity contribution in [3.05, 3.63) is 42.3 Å². The number of nitrogens with one attached hydrogen (secondary N) is 2. The summed E-state index contributed by atoms with van der Waals surface area (Å²) in [5.41, 5.74) is 1.63. The van der Waals surface area contributed by atoms with Gasteiger partial charge in [0.25, 0.3) is 0 Å². The number of anilines is 1. The average Bonchev–Trinajstić information content (AvgIpc) is 2.96. The number of aromatic nitrogens is 3. The fraction of sp³-hybridized carbons (Fsp3) is 0.188. The van der Waals surface area contributed by atoms with Gasteiger partial charge in [0.2, 0.25) is 5.91 Å². The Morgan fingerprint density at radius 3 is 2.92 bits per heavy atom. The van der Waals surface area contributed by atoms with E-state index in [0.717, 1.165) is 0 Å². The number of carbonyl (C=O) groups excluding carboxylic acids is 1. The number of nitrogens with zero attached hydrogens (tertiary/aromatic N) is 3. The maximum atomic E-state index is 14.1. The van der Waals surface area contributed by atoms with E-state index in [1.807, 2.05) is 0 Å². The zero-order valence-corrected chi connectivity index (χ0v) is 13.1. The number of fused-ring (bicyclic) bond motifs is 1. The molecule has 0 spiro atoms. The zero-order valence-electron chi connectivity index (χ0n) is 13.1. The summed E-state index contributed by atoms with van der Waals surface area (Å²) in [5, 5.41) is 9.84. The van der Waals surface area contributed by atoms with Gasteiger partial charge in [-0.1, -0.05) is 12.1 Å². The normalized spacial score (nSPS) is 10.8. The second-order valence-electron chi connectivity index (χ2n) is 5.19. The summed E-state index contributed by atoms with van der Waals surface area (Å²) in [5.74, 6) is 0.129. The molecule has 120 valence electrons. The second-order valence-corrected chi connectivity index (χ2v) is 5.19. The van der Waals surface area contributed by atoms with E-state index in [-0.39, 0.29) is 11.7 Å². The SMILES string of the molecule is [B]c1cnn2c(NCCC(=O)NC)cc(-c3ccccc3F)nc12. The van der Waals surface area contributed by atoms with Gasteiger partial charge in [0.05, 0.1) is 5.69 Å². The molecular weight excluding hydrogens is 308 g/mol. The van der Waals surface area contributed by atoms with Crippen molar-refractivity contribution in [3.8, 4) is 11.3 Å². The van der Waals surface area contributed by atoms with Crippen LogP contribution in [0, 0.1) is 5.82 Å². The van der Waals surface area contributed by atoms with Gasteiger partial charge in [0.15, 0.2) is 5.65 Å². The largest absolute Gasteiger partial charge is 0.369 e. The highest BCUT2D eigenvalue weighted by Gasteiger charge is 2.13. The molecule has 0 aliphatic heterocycles. The fourth-order valence-electron chi connectivity index (χ4n) is 2.34. The highest BCUT2D eigenvalue weighted by molar-refractivity contribution is 6.36. The zero-order chi connectivity index (χ0) is 17.1. The van der Waals surface area contributed by atoms with E-state index < -0.39 is 0 Å². The summed E-state index contributed by atoms with van der Waals surface area (Å²) in [6.45, 7) is 0.398. The van der Waals surface area contributed by atoms with Crippen molar-refractivity contribution in [1.82, 2.24) is 19.9 Å². The highest BCUT2D eigenvalue weighted by Crippen LogP contribution is 2.24. The Morgan fingerprint density at radius 1 is 1.38 bits per heavy atom. The van der Waals surface area contributed by atoms with Gasteiger partial charge in [-0.25, -0.2) is 9.37 Å². The van der Waals surface area contributed by atoms with E-state index in [4.69, 9.17) is 7.85 Å². The minimum absolute atomic E-state index is 0.0814. The van der Waals surface area contributed by atoms with Crippen molar-refractivity contribution < 1.29 is 9.18 Å². The molecule has 3 rings (SSSR count). The van der Waals surface area contributed by atoms with Crippen LogP contribution in [-0.4, -0.2) is 41.9 Å². The smallest absolute Gasteiger partial charge is 0.221 e. The number of rotatable bonds is 5. The van der Waals surface area contributed by atoms with E-state index in [2.05, 4.69) is 20.7 Å². The van der Waals surface area contributed by atoms with Gasteiger partial charge in [-0.15, -0.1) is 0 Å². The van der Waals surface area contributed by atoms with Crippen molar-refractivity contribution in [2.45, 2.75) is 6.42 Å². The molecule has 0 saturated carbocycles. The Labute approximate surface area is 139 Å². The van der Waals surface area contributed by atoms with Crippen LogP contribution >= 0.6 is 0 Å². The molecule has 6 nitrogen and oxygen atoms in total. The molecule has 0 aliphatic rings. The molecular formula is C16H15BFN5O. The van der Waals surface area contributed by atoms with Gasteiger partial charge in [-0.2, -0.15) is 9.61 Å². The predicted molar refractivity (Wildman–Crippen MR) is 90.9 cm³/mol. The second kappa shape index (κ2) is 6.70. The Morgan fingerprint density at radius 2 is 2.17 bits per heavy atom. The Bertz CT molecular complexity index is 895. The third kappa shape index (κ3) is 3.08. The molecule has 24 heavy (non-hydrogen) atoms. The third-order valence-corrected chi connectivity index (χ3v) is 3.59. The lowest BCUT2D eigenvalue weighted by molar-refractivity contribution is -0.120. The van der Waals surface area contributed by atoms with E-state index in [1.165, 1.54) is 16.8 Å². The quantitative estimate of drug-likeness (QED) is 0.684. The van der Waals surface area contributed by atoms with Crippen LogP contribution in [0.25, 0.3) is 16.9 Å². The molecule has 1 aromatic carbocycles. The molecule has 0 fully saturated rings. The highest BCUT2D eigenvalue weighted by atomic mass is 19.1. The van der Waals surface area contributed by atoms with Gasteiger partial charge in [0.1, 0.15) is 19.5 Å². The molecule has 3 aromatic rings. The molecule has 2 radical (unpaired) electrons. The molecule has 0 saturated heterocycles. The summed E-state index contributed by atoms with van der Waals surface area (Å²) in [6, 6.07) is 8.06. The van der Waals surface area contributed by atoms with Crippen LogP contribution in [0.1, 0.15) is 6.42 Å². The van der Waals surface area contributed by atoms with Gasteiger partial charge < -0.3 is 10.6 Å². The first kappa shape index (κ1) is 16.0. The van der Waals surface area contributed by atoms with Gasteiger partial charge >= 0.3 is 0 Å². The van der Waals surface area contributed by atoms with E-state index in [1.54, 1.807) is 31.3 Å². The standard InChI is InChI=1S/C16H15BFN5O/c1-19-15(24)6-7-20-14-8-13(10-4-2-3-5-12(10)18)22-16-11(17)9-21-23(14)16/h2-5,8-9,20H,6-7H2,1H3,(H,19,24). The number of carbonyl (C=O) groups is 1. The van der Waals surface area contributed by atoms with Crippen molar-refractivity contribution in [2.24, 2.45) is 0 Å². The van der Waals surface area contributed by atoms with Crippen LogP contribution in [0.4, 0.5) is 10.2 Å². The number of hydrogen-bond acceptors (Lipinski definition) is 4. The molecule has 0 atom stereocenters. The lowest BCUT2D eigenvalue weighted by Gasteiger charge is -2.11. The third-order valence-electron chi connectivity index (χ3n) is 3.59. The molecule has 0 aliphatic carbocycles. The monoisotopic (exact) mass is 323 g/mol. The fourth-order valence-corrected chi connectivity index (χ4v) is 2.34. The van der Waals surface area contributed by atoms with Crippen LogP contribution in [-0.2, 0) is 4.79 Å². The maximum Gasteiger partial charge on any atom is 0.221 e. The van der Waals surface area contributed by atoms with Gasteiger partial charge in [0, 0.05) is 37.8 Å². The summed E-state index contributed by atoms with van der Waals surface area (Å²) in [4.78, 5) is 15.7. The molecule has 2 N–H and O–H groups in total. The lowest BCUT2D eigenvalue weighted by Crippen LogP contribution is -2.21. The minimum Gasteiger partial charge on any atom is -0.369 e. The number of benzene rings is 1. The van der Waals surface area contributed by atoms with Crippen molar-refractivity contribution >= 4 is 30.7 Å². The average molecular weight is 323 g/mol. The Hall–Kier alpha value is -2.90. The molecule has 2 aromatic heterocycles. The Kier molecular flexibility index (Phi) is 4.46. The molecule has 0 unspecified atom stereocenters. The summed E-state index contributed by atoms with van der Waals surface area (Å²) in [7, 11) is 7.48.